The summed E-state index contributed by atoms with van der Waals surface area (Å²) in [5.41, 5.74) is 5.04. The Morgan fingerprint density at radius 2 is 2.15 bits per heavy atom. The van der Waals surface area contributed by atoms with Crippen LogP contribution in [0.15, 0.2) is 42.5 Å². The highest BCUT2D eigenvalue weighted by molar-refractivity contribution is 7.71. The van der Waals surface area contributed by atoms with Gasteiger partial charge in [-0.15, -0.1) is 0 Å². The molecule has 3 aromatic rings. The van der Waals surface area contributed by atoms with Gasteiger partial charge in [-0.25, -0.2) is 9.07 Å². The fourth-order valence-electron chi connectivity index (χ4n) is 2.60. The molecule has 2 N–H and O–H groups in total. The highest BCUT2D eigenvalue weighted by atomic mass is 35.5. The van der Waals surface area contributed by atoms with E-state index in [4.69, 9.17) is 28.6 Å². The first-order chi connectivity index (χ1) is 13.1. The van der Waals surface area contributed by atoms with Crippen molar-refractivity contribution in [3.8, 4) is 5.75 Å². The standard InChI is InChI=1S/C19H20ClFN4OS/c1-2-4-18-23-24-19(27)25(18)22-11-13-5-3-6-16(9-13)26-12-14-7-8-15(21)10-17(14)20/h3,5-10,22H,2,4,11-12H2,1H3,(H,24,27). The maximum Gasteiger partial charge on any atom is 0.214 e. The molecule has 0 bridgehead atoms. The highest BCUT2D eigenvalue weighted by Crippen LogP contribution is 2.20. The lowest BCUT2D eigenvalue weighted by Gasteiger charge is -2.12. The molecule has 1 heterocycles. The Morgan fingerprint density at radius 1 is 1.30 bits per heavy atom. The minimum absolute atomic E-state index is 0.267. The average Bonchev–Trinajstić information content (AvgIpc) is 3.00. The number of rotatable bonds is 8. The van der Waals surface area contributed by atoms with Crippen LogP contribution in [0.25, 0.3) is 0 Å². The fraction of sp³-hybridized carbons (Fsp3) is 0.263. The lowest BCUT2D eigenvalue weighted by atomic mass is 10.2. The molecule has 3 rings (SSSR count). The van der Waals surface area contributed by atoms with Crippen molar-refractivity contribution in [2.75, 3.05) is 5.43 Å². The van der Waals surface area contributed by atoms with Crippen LogP contribution >= 0.6 is 23.8 Å². The molecule has 27 heavy (non-hydrogen) atoms. The Labute approximate surface area is 167 Å². The van der Waals surface area contributed by atoms with Gasteiger partial charge < -0.3 is 10.2 Å². The zero-order valence-electron chi connectivity index (χ0n) is 14.8. The third-order valence-electron chi connectivity index (χ3n) is 3.96. The van der Waals surface area contributed by atoms with E-state index in [1.165, 1.54) is 12.1 Å². The van der Waals surface area contributed by atoms with Crippen LogP contribution in [0, 0.1) is 10.6 Å². The van der Waals surface area contributed by atoms with Crippen molar-refractivity contribution >= 4 is 23.8 Å². The number of nitrogens with one attached hydrogen (secondary N) is 2. The third kappa shape index (κ3) is 5.08. The van der Waals surface area contributed by atoms with Crippen molar-refractivity contribution in [3.63, 3.8) is 0 Å². The van der Waals surface area contributed by atoms with Gasteiger partial charge in [0.05, 0.1) is 11.6 Å². The molecule has 0 aliphatic heterocycles. The van der Waals surface area contributed by atoms with Crippen LogP contribution in [0.4, 0.5) is 4.39 Å². The summed E-state index contributed by atoms with van der Waals surface area (Å²) in [4.78, 5) is 0. The molecule has 0 radical (unpaired) electrons. The zero-order chi connectivity index (χ0) is 19.2. The molecule has 0 aliphatic carbocycles. The van der Waals surface area contributed by atoms with Gasteiger partial charge in [-0.3, -0.25) is 5.10 Å². The van der Waals surface area contributed by atoms with Gasteiger partial charge in [0, 0.05) is 12.0 Å². The molecule has 5 nitrogen and oxygen atoms in total. The highest BCUT2D eigenvalue weighted by Gasteiger charge is 2.06. The Morgan fingerprint density at radius 3 is 2.93 bits per heavy atom. The lowest BCUT2D eigenvalue weighted by molar-refractivity contribution is 0.306. The van der Waals surface area contributed by atoms with E-state index in [0.717, 1.165) is 29.8 Å². The van der Waals surface area contributed by atoms with Gasteiger partial charge in [0.2, 0.25) is 4.77 Å². The van der Waals surface area contributed by atoms with E-state index in [0.29, 0.717) is 22.1 Å². The first kappa shape index (κ1) is 19.4. The lowest BCUT2D eigenvalue weighted by Crippen LogP contribution is -2.17. The van der Waals surface area contributed by atoms with E-state index in [9.17, 15) is 4.39 Å². The van der Waals surface area contributed by atoms with Crippen molar-refractivity contribution in [2.24, 2.45) is 0 Å². The minimum atomic E-state index is -0.364. The number of aromatic amines is 1. The smallest absolute Gasteiger partial charge is 0.214 e. The second-order valence-corrected chi connectivity index (χ2v) is 6.83. The van der Waals surface area contributed by atoms with Crippen molar-refractivity contribution in [3.05, 3.63) is 75.0 Å². The number of hydrogen-bond acceptors (Lipinski definition) is 4. The van der Waals surface area contributed by atoms with Gasteiger partial charge in [-0.1, -0.05) is 36.7 Å². The third-order valence-corrected chi connectivity index (χ3v) is 4.59. The number of aryl methyl sites for hydroxylation is 1. The Balaban J connectivity index is 1.64. The summed E-state index contributed by atoms with van der Waals surface area (Å²) in [6.07, 6.45) is 1.82. The molecular weight excluding hydrogens is 387 g/mol. The first-order valence-electron chi connectivity index (χ1n) is 8.62. The average molecular weight is 407 g/mol. The van der Waals surface area contributed by atoms with Crippen LogP contribution in [0.1, 0.15) is 30.3 Å². The maximum atomic E-state index is 13.1. The van der Waals surface area contributed by atoms with E-state index in [1.807, 2.05) is 24.3 Å². The summed E-state index contributed by atoms with van der Waals surface area (Å²) in [5, 5.41) is 7.39. The van der Waals surface area contributed by atoms with Crippen LogP contribution in [-0.2, 0) is 19.6 Å². The van der Waals surface area contributed by atoms with Crippen LogP contribution in [0.5, 0.6) is 5.75 Å². The van der Waals surface area contributed by atoms with Crippen LogP contribution in [0.3, 0.4) is 0 Å². The molecular formula is C19H20ClFN4OS. The topological polar surface area (TPSA) is 54.9 Å². The predicted octanol–water partition coefficient (Wildman–Crippen LogP) is 5.01. The molecule has 0 atom stereocenters. The number of ether oxygens (including phenoxy) is 1. The summed E-state index contributed by atoms with van der Waals surface area (Å²) >= 11 is 11.3. The number of hydrogen-bond donors (Lipinski definition) is 2. The summed E-state index contributed by atoms with van der Waals surface area (Å²) in [7, 11) is 0. The molecule has 8 heteroatoms. The van der Waals surface area contributed by atoms with Gasteiger partial charge in [0.25, 0.3) is 0 Å². The normalized spacial score (nSPS) is 10.8. The van der Waals surface area contributed by atoms with Gasteiger partial charge in [-0.05, 0) is 48.5 Å². The first-order valence-corrected chi connectivity index (χ1v) is 9.41. The van der Waals surface area contributed by atoms with Crippen molar-refractivity contribution < 1.29 is 9.13 Å². The molecule has 142 valence electrons. The fourth-order valence-corrected chi connectivity index (χ4v) is 3.04. The number of benzene rings is 2. The largest absolute Gasteiger partial charge is 0.489 e. The van der Waals surface area contributed by atoms with Gasteiger partial charge in [0.1, 0.15) is 18.2 Å². The van der Waals surface area contributed by atoms with E-state index < -0.39 is 0 Å². The molecule has 0 unspecified atom stereocenters. The number of halogens is 2. The van der Waals surface area contributed by atoms with E-state index in [1.54, 1.807) is 10.7 Å². The summed E-state index contributed by atoms with van der Waals surface area (Å²) in [6.45, 7) is 2.93. The van der Waals surface area contributed by atoms with Crippen molar-refractivity contribution in [1.82, 2.24) is 14.9 Å². The van der Waals surface area contributed by atoms with Crippen LogP contribution in [0.2, 0.25) is 5.02 Å². The molecule has 0 amide bonds. The summed E-state index contributed by atoms with van der Waals surface area (Å²) in [5.74, 6) is 1.22. The Bertz CT molecular complexity index is 972. The van der Waals surface area contributed by atoms with E-state index in [2.05, 4.69) is 22.5 Å². The van der Waals surface area contributed by atoms with Gasteiger partial charge in [0.15, 0.2) is 5.82 Å². The van der Waals surface area contributed by atoms with Crippen LogP contribution in [-0.4, -0.2) is 14.9 Å². The second-order valence-electron chi connectivity index (χ2n) is 6.04. The van der Waals surface area contributed by atoms with Crippen molar-refractivity contribution in [1.29, 1.82) is 0 Å². The molecule has 0 aliphatic rings. The quantitative estimate of drug-likeness (QED) is 0.516. The molecule has 0 saturated heterocycles. The molecule has 0 saturated carbocycles. The monoisotopic (exact) mass is 406 g/mol. The number of nitrogens with zero attached hydrogens (tertiary/aromatic N) is 2. The minimum Gasteiger partial charge on any atom is -0.489 e. The van der Waals surface area contributed by atoms with E-state index in [-0.39, 0.29) is 12.4 Å². The zero-order valence-corrected chi connectivity index (χ0v) is 16.4. The number of H-pyrrole nitrogens is 1. The predicted molar refractivity (Wildman–Crippen MR) is 107 cm³/mol. The second kappa shape index (κ2) is 9.01. The van der Waals surface area contributed by atoms with Gasteiger partial charge >= 0.3 is 0 Å². The molecule has 2 aromatic carbocycles. The SMILES string of the molecule is CCCc1n[nH]c(=S)n1NCc1cccc(OCc2ccc(F)cc2Cl)c1. The van der Waals surface area contributed by atoms with Gasteiger partial charge in [-0.2, -0.15) is 5.10 Å². The summed E-state index contributed by atoms with van der Waals surface area (Å²) in [6, 6.07) is 12.0. The van der Waals surface area contributed by atoms with Crippen LogP contribution < -0.4 is 10.2 Å². The number of aromatic nitrogens is 3. The van der Waals surface area contributed by atoms with E-state index >= 15 is 0 Å². The molecule has 0 spiro atoms. The molecule has 1 aromatic heterocycles. The maximum absolute atomic E-state index is 13.1. The Hall–Kier alpha value is -2.38. The summed E-state index contributed by atoms with van der Waals surface area (Å²) < 4.78 is 21.3. The molecule has 0 fully saturated rings. The van der Waals surface area contributed by atoms with Crippen molar-refractivity contribution in [2.45, 2.75) is 32.9 Å². The Kier molecular flexibility index (Phi) is 6.47.